The fraction of sp³-hybridized carbons (Fsp3) is 0.333. The highest BCUT2D eigenvalue weighted by Crippen LogP contribution is 2.63. The van der Waals surface area contributed by atoms with E-state index >= 15 is 0 Å². The molecule has 7 rings (SSSR count). The molecule has 0 aliphatic carbocycles. The first-order chi connectivity index (χ1) is 19.8. The van der Waals surface area contributed by atoms with Gasteiger partial charge < -0.3 is 19.1 Å². The lowest BCUT2D eigenvalue weighted by Crippen LogP contribution is -2.30. The summed E-state index contributed by atoms with van der Waals surface area (Å²) in [5.41, 5.74) is 8.51. The summed E-state index contributed by atoms with van der Waals surface area (Å²) in [6.45, 7) is 6.24. The van der Waals surface area contributed by atoms with Gasteiger partial charge in [0, 0.05) is 34.6 Å². The Kier molecular flexibility index (Phi) is 6.63. The van der Waals surface area contributed by atoms with Crippen LogP contribution >= 0.6 is 0 Å². The third kappa shape index (κ3) is 4.21. The van der Waals surface area contributed by atoms with E-state index in [4.69, 9.17) is 14.2 Å². The summed E-state index contributed by atoms with van der Waals surface area (Å²) < 4.78 is 19.1. The molecule has 0 fully saturated rings. The third-order valence-electron chi connectivity index (χ3n) is 8.52. The number of benzene rings is 4. The molecule has 0 saturated carbocycles. The van der Waals surface area contributed by atoms with Crippen LogP contribution in [0.5, 0.6) is 28.7 Å². The van der Waals surface area contributed by atoms with Crippen molar-refractivity contribution in [2.75, 3.05) is 18.1 Å². The highest BCUT2D eigenvalue weighted by atomic mass is 16.5. The molecule has 3 aliphatic rings. The van der Waals surface area contributed by atoms with Crippen molar-refractivity contribution in [3.63, 3.8) is 0 Å². The number of nitrogens with zero attached hydrogens (tertiary/aromatic N) is 1. The minimum absolute atomic E-state index is 0.116. The second-order valence-corrected chi connectivity index (χ2v) is 11.2. The number of unbranched alkanes of at least 4 members (excludes halogenated alkanes) is 5. The van der Waals surface area contributed by atoms with Crippen LogP contribution in [-0.4, -0.2) is 13.2 Å². The Morgan fingerprint density at radius 1 is 0.625 bits per heavy atom. The van der Waals surface area contributed by atoms with Crippen molar-refractivity contribution in [3.05, 3.63) is 89.5 Å². The van der Waals surface area contributed by atoms with E-state index in [1.54, 1.807) is 0 Å². The van der Waals surface area contributed by atoms with Crippen LogP contribution in [0.2, 0.25) is 0 Å². The van der Waals surface area contributed by atoms with Gasteiger partial charge in [0.25, 0.3) is 0 Å². The molecule has 0 saturated heterocycles. The van der Waals surface area contributed by atoms with Crippen LogP contribution in [0.4, 0.5) is 11.4 Å². The summed E-state index contributed by atoms with van der Waals surface area (Å²) >= 11 is 0. The molecule has 4 nitrogen and oxygen atoms in total. The second kappa shape index (κ2) is 10.6. The number of anilines is 2. The van der Waals surface area contributed by atoms with Gasteiger partial charge >= 0.3 is 0 Å². The maximum absolute atomic E-state index is 6.66. The Balaban J connectivity index is 1.30. The maximum atomic E-state index is 6.66. The molecule has 1 atom stereocenters. The highest BCUT2D eigenvalue weighted by molar-refractivity contribution is 5.88. The SMILES string of the molecule is CCCCCCOc1ccc(-c2cc3c4c(c2)N(CCCCC)c2cccc5c2C4c2c(cccc2O3)O5)cc1. The molecule has 4 heteroatoms. The van der Waals surface area contributed by atoms with Gasteiger partial charge in [-0.15, -0.1) is 0 Å². The van der Waals surface area contributed by atoms with Crippen molar-refractivity contribution in [2.24, 2.45) is 0 Å². The van der Waals surface area contributed by atoms with E-state index in [2.05, 4.69) is 85.5 Å². The Labute approximate surface area is 237 Å². The largest absolute Gasteiger partial charge is 0.494 e. The number of hydrogen-bond acceptors (Lipinski definition) is 4. The molecule has 204 valence electrons. The molecule has 0 radical (unpaired) electrons. The third-order valence-corrected chi connectivity index (χ3v) is 8.52. The Bertz CT molecular complexity index is 1540. The zero-order chi connectivity index (χ0) is 27.1. The standard InChI is InChI=1S/C36H37NO3/c1-3-5-7-9-21-38-26-18-16-24(17-19-26)25-22-28-34-32(23-25)40-31-15-11-14-30-35(31)36(34)33-27(12-10-13-29(33)39-30)37(28)20-8-6-4-2/h10-19,22-23,36H,3-9,20-21H2,1-2H3. The average Bonchev–Trinajstić information content (AvgIpc) is 2.98. The molecule has 40 heavy (non-hydrogen) atoms. The van der Waals surface area contributed by atoms with Gasteiger partial charge in [0.2, 0.25) is 0 Å². The minimum atomic E-state index is 0.116. The van der Waals surface area contributed by atoms with Gasteiger partial charge in [-0.05, 0) is 72.5 Å². The molecule has 3 heterocycles. The zero-order valence-corrected chi connectivity index (χ0v) is 23.5. The van der Waals surface area contributed by atoms with Crippen LogP contribution in [0.15, 0.2) is 72.8 Å². The Hall–Kier alpha value is -3.92. The van der Waals surface area contributed by atoms with Crippen LogP contribution < -0.4 is 19.1 Å². The molecule has 4 aromatic rings. The molecule has 0 amide bonds. The predicted octanol–water partition coefficient (Wildman–Crippen LogP) is 10.3. The molecule has 3 aliphatic heterocycles. The van der Waals surface area contributed by atoms with Gasteiger partial charge in [-0.3, -0.25) is 0 Å². The summed E-state index contributed by atoms with van der Waals surface area (Å²) in [5.74, 6) is 4.75. The van der Waals surface area contributed by atoms with Crippen LogP contribution in [0.1, 0.15) is 81.4 Å². The topological polar surface area (TPSA) is 30.9 Å². The lowest BCUT2D eigenvalue weighted by atomic mass is 9.75. The van der Waals surface area contributed by atoms with E-state index in [0.29, 0.717) is 0 Å². The summed E-state index contributed by atoms with van der Waals surface area (Å²) in [7, 11) is 0. The van der Waals surface area contributed by atoms with Crippen molar-refractivity contribution >= 4 is 11.4 Å². The van der Waals surface area contributed by atoms with E-state index in [9.17, 15) is 0 Å². The first-order valence-electron chi connectivity index (χ1n) is 15.1. The summed E-state index contributed by atoms with van der Waals surface area (Å²) in [6.07, 6.45) is 8.38. The van der Waals surface area contributed by atoms with Gasteiger partial charge in [0.1, 0.15) is 28.7 Å². The van der Waals surface area contributed by atoms with Gasteiger partial charge in [-0.2, -0.15) is 0 Å². The van der Waals surface area contributed by atoms with Crippen LogP contribution in [0.25, 0.3) is 11.1 Å². The lowest BCUT2D eigenvalue weighted by molar-refractivity contribution is 0.305. The molecule has 0 aromatic heterocycles. The number of hydrogen-bond donors (Lipinski definition) is 0. The normalized spacial score (nSPS) is 15.2. The second-order valence-electron chi connectivity index (χ2n) is 11.2. The van der Waals surface area contributed by atoms with E-state index < -0.39 is 0 Å². The molecule has 0 N–H and O–H groups in total. The first kappa shape index (κ1) is 25.1. The lowest BCUT2D eigenvalue weighted by Gasteiger charge is -2.44. The van der Waals surface area contributed by atoms with Gasteiger partial charge in [0.15, 0.2) is 0 Å². The van der Waals surface area contributed by atoms with Crippen molar-refractivity contribution in [1.82, 2.24) is 0 Å². The smallest absolute Gasteiger partial charge is 0.135 e. The van der Waals surface area contributed by atoms with E-state index in [1.807, 2.05) is 6.07 Å². The van der Waals surface area contributed by atoms with Crippen molar-refractivity contribution < 1.29 is 14.2 Å². The van der Waals surface area contributed by atoms with Crippen LogP contribution in [0.3, 0.4) is 0 Å². The van der Waals surface area contributed by atoms with Crippen molar-refractivity contribution in [1.29, 1.82) is 0 Å². The molecule has 0 spiro atoms. The van der Waals surface area contributed by atoms with Crippen LogP contribution in [0, 0.1) is 0 Å². The molecule has 1 unspecified atom stereocenters. The minimum Gasteiger partial charge on any atom is -0.494 e. The fourth-order valence-electron chi connectivity index (χ4n) is 6.53. The van der Waals surface area contributed by atoms with Crippen molar-refractivity contribution in [3.8, 4) is 39.9 Å². The van der Waals surface area contributed by atoms with E-state index in [-0.39, 0.29) is 5.92 Å². The molecule has 0 bridgehead atoms. The maximum Gasteiger partial charge on any atom is 0.135 e. The summed E-state index contributed by atoms with van der Waals surface area (Å²) in [4.78, 5) is 2.51. The summed E-state index contributed by atoms with van der Waals surface area (Å²) in [6, 6.07) is 25.8. The molecule has 4 aromatic carbocycles. The first-order valence-corrected chi connectivity index (χ1v) is 15.1. The summed E-state index contributed by atoms with van der Waals surface area (Å²) in [5, 5.41) is 0. The Morgan fingerprint density at radius 2 is 1.30 bits per heavy atom. The van der Waals surface area contributed by atoms with Gasteiger partial charge in [0.05, 0.1) is 12.5 Å². The van der Waals surface area contributed by atoms with E-state index in [1.165, 1.54) is 60.2 Å². The van der Waals surface area contributed by atoms with Gasteiger partial charge in [-0.1, -0.05) is 70.2 Å². The number of ether oxygens (including phenoxy) is 3. The quantitative estimate of drug-likeness (QED) is 0.156. The molecular formula is C36H37NO3. The van der Waals surface area contributed by atoms with Gasteiger partial charge in [-0.25, -0.2) is 0 Å². The van der Waals surface area contributed by atoms with Crippen molar-refractivity contribution in [2.45, 2.75) is 64.7 Å². The Morgan fingerprint density at radius 3 is 2.08 bits per heavy atom. The zero-order valence-electron chi connectivity index (χ0n) is 23.5. The van der Waals surface area contributed by atoms with Crippen LogP contribution in [-0.2, 0) is 0 Å². The van der Waals surface area contributed by atoms with E-state index in [0.717, 1.165) is 65.9 Å². The fourth-order valence-corrected chi connectivity index (χ4v) is 6.53. The average molecular weight is 532 g/mol. The predicted molar refractivity (Wildman–Crippen MR) is 162 cm³/mol. The monoisotopic (exact) mass is 531 g/mol. The number of rotatable bonds is 11. The molecular weight excluding hydrogens is 494 g/mol. The highest BCUT2D eigenvalue weighted by Gasteiger charge is 2.44.